The lowest BCUT2D eigenvalue weighted by atomic mass is 10.1. The first-order valence-electron chi connectivity index (χ1n) is 4.04. The first-order chi connectivity index (χ1) is 7.09. The van der Waals surface area contributed by atoms with Crippen LogP contribution < -0.4 is 0 Å². The van der Waals surface area contributed by atoms with Gasteiger partial charge in [-0.15, -0.1) is 0 Å². The van der Waals surface area contributed by atoms with Gasteiger partial charge in [0.15, 0.2) is 0 Å². The lowest BCUT2D eigenvalue weighted by Gasteiger charge is -2.01. The Labute approximate surface area is 88.7 Å². The Balaban J connectivity index is 2.66. The molecular formula is C9H5ClF2N2O. The van der Waals surface area contributed by atoms with Crippen LogP contribution in [0, 0.1) is 18.6 Å². The van der Waals surface area contributed by atoms with E-state index in [4.69, 9.17) is 11.6 Å². The summed E-state index contributed by atoms with van der Waals surface area (Å²) in [6, 6.07) is 2.46. The summed E-state index contributed by atoms with van der Waals surface area (Å²) >= 11 is 5.39. The molecule has 0 unspecified atom stereocenters. The summed E-state index contributed by atoms with van der Waals surface area (Å²) in [4.78, 5) is 3.55. The summed E-state index contributed by atoms with van der Waals surface area (Å²) in [5.41, 5.74) is -0.0601. The second-order valence-corrected chi connectivity index (χ2v) is 3.26. The number of hydrogen-bond donors (Lipinski definition) is 0. The zero-order valence-electron chi connectivity index (χ0n) is 7.59. The van der Waals surface area contributed by atoms with Gasteiger partial charge < -0.3 is 4.52 Å². The Morgan fingerprint density at radius 1 is 1.33 bits per heavy atom. The predicted octanol–water partition coefficient (Wildman–Crippen LogP) is 2.98. The highest BCUT2D eigenvalue weighted by molar-refractivity contribution is 6.28. The van der Waals surface area contributed by atoms with E-state index in [0.717, 1.165) is 6.07 Å². The van der Waals surface area contributed by atoms with Crippen LogP contribution in [0.5, 0.6) is 0 Å². The molecule has 0 bridgehead atoms. The Bertz CT molecular complexity index is 513. The molecule has 1 aromatic heterocycles. The van der Waals surface area contributed by atoms with E-state index in [-0.39, 0.29) is 16.7 Å². The Morgan fingerprint density at radius 2 is 2.07 bits per heavy atom. The van der Waals surface area contributed by atoms with Gasteiger partial charge >= 0.3 is 0 Å². The molecule has 0 atom stereocenters. The number of hydrogen-bond acceptors (Lipinski definition) is 3. The zero-order valence-corrected chi connectivity index (χ0v) is 8.35. The van der Waals surface area contributed by atoms with Gasteiger partial charge in [0.1, 0.15) is 17.2 Å². The first-order valence-corrected chi connectivity index (χ1v) is 4.41. The molecule has 0 radical (unpaired) electrons. The Kier molecular flexibility index (Phi) is 2.40. The Hall–Kier alpha value is -1.49. The molecule has 0 spiro atoms. The largest absolute Gasteiger partial charge is 0.332 e. The number of rotatable bonds is 1. The zero-order chi connectivity index (χ0) is 11.0. The van der Waals surface area contributed by atoms with Crippen molar-refractivity contribution in [3.05, 3.63) is 34.6 Å². The van der Waals surface area contributed by atoms with E-state index < -0.39 is 11.6 Å². The number of halogens is 3. The van der Waals surface area contributed by atoms with E-state index in [2.05, 4.69) is 14.7 Å². The van der Waals surface area contributed by atoms with Crippen molar-refractivity contribution in [3.8, 4) is 11.5 Å². The van der Waals surface area contributed by atoms with Crippen LogP contribution in [0.15, 0.2) is 16.7 Å². The molecule has 0 fully saturated rings. The van der Waals surface area contributed by atoms with Crippen molar-refractivity contribution >= 4 is 11.6 Å². The van der Waals surface area contributed by atoms with E-state index >= 15 is 0 Å². The molecule has 6 heteroatoms. The third-order valence-corrected chi connectivity index (χ3v) is 2.05. The first kappa shape index (κ1) is 10.0. The van der Waals surface area contributed by atoms with Gasteiger partial charge in [0.2, 0.25) is 0 Å². The molecule has 2 rings (SSSR count). The van der Waals surface area contributed by atoms with Gasteiger partial charge in [0.25, 0.3) is 11.2 Å². The van der Waals surface area contributed by atoms with Gasteiger partial charge in [-0.3, -0.25) is 0 Å². The number of aromatic nitrogens is 2. The van der Waals surface area contributed by atoms with Crippen LogP contribution in [0.1, 0.15) is 5.56 Å². The van der Waals surface area contributed by atoms with Crippen molar-refractivity contribution in [1.82, 2.24) is 10.1 Å². The maximum Gasteiger partial charge on any atom is 0.264 e. The molecule has 0 N–H and O–H groups in total. The van der Waals surface area contributed by atoms with Gasteiger partial charge in [-0.25, -0.2) is 8.78 Å². The molecule has 0 saturated heterocycles. The quantitative estimate of drug-likeness (QED) is 0.756. The summed E-state index contributed by atoms with van der Waals surface area (Å²) in [5, 5.41) is 3.06. The standard InChI is InChI=1S/C9H5ClF2N2O/c1-4-2-3-5(11)6(7(4)12)8-13-9(10)14-15-8/h2-3H,1H3. The summed E-state index contributed by atoms with van der Waals surface area (Å²) in [6.07, 6.45) is 0. The number of benzene rings is 1. The fraction of sp³-hybridized carbons (Fsp3) is 0.111. The monoisotopic (exact) mass is 230 g/mol. The molecule has 1 heterocycles. The predicted molar refractivity (Wildman–Crippen MR) is 49.4 cm³/mol. The summed E-state index contributed by atoms with van der Waals surface area (Å²) in [5.74, 6) is -1.76. The minimum atomic E-state index is -0.765. The molecule has 0 aliphatic rings. The van der Waals surface area contributed by atoms with Crippen molar-refractivity contribution in [2.45, 2.75) is 6.92 Å². The van der Waals surface area contributed by atoms with Crippen LogP contribution in [0.3, 0.4) is 0 Å². The van der Waals surface area contributed by atoms with E-state index in [1.54, 1.807) is 0 Å². The van der Waals surface area contributed by atoms with Gasteiger partial charge in [0, 0.05) is 0 Å². The molecule has 2 aromatic rings. The van der Waals surface area contributed by atoms with Crippen molar-refractivity contribution in [3.63, 3.8) is 0 Å². The smallest absolute Gasteiger partial charge is 0.264 e. The lowest BCUT2D eigenvalue weighted by molar-refractivity contribution is 0.424. The van der Waals surface area contributed by atoms with Gasteiger partial charge in [-0.1, -0.05) is 6.07 Å². The fourth-order valence-corrected chi connectivity index (χ4v) is 1.27. The van der Waals surface area contributed by atoms with Crippen LogP contribution in [0.4, 0.5) is 8.78 Å². The average molecular weight is 231 g/mol. The summed E-state index contributed by atoms with van der Waals surface area (Å²) < 4.78 is 31.5. The van der Waals surface area contributed by atoms with Crippen LogP contribution in [-0.2, 0) is 0 Å². The molecule has 78 valence electrons. The van der Waals surface area contributed by atoms with Gasteiger partial charge in [-0.05, 0) is 35.3 Å². The van der Waals surface area contributed by atoms with Crippen molar-refractivity contribution in [1.29, 1.82) is 0 Å². The molecule has 0 aliphatic carbocycles. The molecule has 1 aromatic carbocycles. The van der Waals surface area contributed by atoms with Crippen molar-refractivity contribution < 1.29 is 13.3 Å². The fourth-order valence-electron chi connectivity index (χ4n) is 1.16. The molecular weight excluding hydrogens is 226 g/mol. The van der Waals surface area contributed by atoms with Crippen LogP contribution >= 0.6 is 11.6 Å². The Morgan fingerprint density at radius 3 is 2.67 bits per heavy atom. The maximum absolute atomic E-state index is 13.5. The molecule has 3 nitrogen and oxygen atoms in total. The maximum atomic E-state index is 13.5. The molecule has 0 amide bonds. The number of nitrogens with zero attached hydrogens (tertiary/aromatic N) is 2. The highest BCUT2D eigenvalue weighted by atomic mass is 35.5. The highest BCUT2D eigenvalue weighted by Gasteiger charge is 2.19. The third kappa shape index (κ3) is 1.70. The van der Waals surface area contributed by atoms with Crippen LogP contribution in [0.2, 0.25) is 5.28 Å². The normalized spacial score (nSPS) is 10.7. The lowest BCUT2D eigenvalue weighted by Crippen LogP contribution is -1.93. The van der Waals surface area contributed by atoms with Gasteiger partial charge in [-0.2, -0.15) is 4.98 Å². The topological polar surface area (TPSA) is 38.9 Å². The SMILES string of the molecule is Cc1ccc(F)c(-c2nc(Cl)no2)c1F. The summed E-state index contributed by atoms with van der Waals surface area (Å²) in [7, 11) is 0. The van der Waals surface area contributed by atoms with Crippen molar-refractivity contribution in [2.75, 3.05) is 0 Å². The van der Waals surface area contributed by atoms with E-state index in [1.165, 1.54) is 13.0 Å². The second-order valence-electron chi connectivity index (χ2n) is 2.92. The second kappa shape index (κ2) is 3.58. The van der Waals surface area contributed by atoms with Gasteiger partial charge in [0.05, 0.1) is 0 Å². The minimum absolute atomic E-state index is 0.190. The van der Waals surface area contributed by atoms with E-state index in [1.807, 2.05) is 0 Å². The minimum Gasteiger partial charge on any atom is -0.332 e. The van der Waals surface area contributed by atoms with Crippen LogP contribution in [-0.4, -0.2) is 10.1 Å². The highest BCUT2D eigenvalue weighted by Crippen LogP contribution is 2.27. The van der Waals surface area contributed by atoms with Crippen molar-refractivity contribution in [2.24, 2.45) is 0 Å². The molecule has 0 aliphatic heterocycles. The molecule has 15 heavy (non-hydrogen) atoms. The van der Waals surface area contributed by atoms with E-state index in [9.17, 15) is 8.78 Å². The number of aryl methyl sites for hydroxylation is 1. The average Bonchev–Trinajstić information content (AvgIpc) is 2.59. The van der Waals surface area contributed by atoms with E-state index in [0.29, 0.717) is 5.56 Å². The van der Waals surface area contributed by atoms with Crippen LogP contribution in [0.25, 0.3) is 11.5 Å². The molecule has 0 saturated carbocycles. The third-order valence-electron chi connectivity index (χ3n) is 1.90. The summed E-state index contributed by atoms with van der Waals surface area (Å²) in [6.45, 7) is 1.51.